The van der Waals surface area contributed by atoms with Gasteiger partial charge in [-0.25, -0.2) is 13.4 Å². The normalized spacial score (nSPS) is 11.4. The van der Waals surface area contributed by atoms with Gasteiger partial charge in [0.25, 0.3) is 5.91 Å². The summed E-state index contributed by atoms with van der Waals surface area (Å²) in [5.41, 5.74) is 3.33. The van der Waals surface area contributed by atoms with Crippen molar-refractivity contribution >= 4 is 32.2 Å². The minimum Gasteiger partial charge on any atom is -0.459 e. The molecular weight excluding hydrogens is 456 g/mol. The van der Waals surface area contributed by atoms with E-state index in [2.05, 4.69) is 29.4 Å². The van der Waals surface area contributed by atoms with Crippen LogP contribution in [0, 0.1) is 0 Å². The van der Waals surface area contributed by atoms with Crippen molar-refractivity contribution in [3.8, 4) is 11.3 Å². The van der Waals surface area contributed by atoms with Gasteiger partial charge < -0.3 is 4.42 Å². The Labute approximate surface area is 197 Å². The topological polar surface area (TPSA) is 89.3 Å². The van der Waals surface area contributed by atoms with Gasteiger partial charge in [-0.05, 0) is 36.6 Å². The number of aryl methyl sites for hydroxylation is 1. The number of aromatic nitrogens is 1. The fraction of sp³-hybridized carbons (Fsp3) is 0.200. The van der Waals surface area contributed by atoms with Gasteiger partial charge in [0.1, 0.15) is 0 Å². The molecule has 170 valence electrons. The fourth-order valence-corrected chi connectivity index (χ4v) is 5.50. The molecule has 0 atom stereocenters. The zero-order chi connectivity index (χ0) is 23.3. The van der Waals surface area contributed by atoms with Crippen LogP contribution in [0.25, 0.3) is 11.3 Å². The van der Waals surface area contributed by atoms with Crippen LogP contribution in [0.15, 0.2) is 81.6 Å². The molecule has 6 nitrogen and oxygen atoms in total. The Morgan fingerprint density at radius 2 is 1.82 bits per heavy atom. The third kappa shape index (κ3) is 5.58. The van der Waals surface area contributed by atoms with Gasteiger partial charge in [-0.15, -0.1) is 11.3 Å². The first-order valence-corrected chi connectivity index (χ1v) is 13.2. The summed E-state index contributed by atoms with van der Waals surface area (Å²) in [6.07, 6.45) is 4.69. The zero-order valence-corrected chi connectivity index (χ0v) is 19.8. The lowest BCUT2D eigenvalue weighted by atomic mass is 10.1. The predicted molar refractivity (Wildman–Crippen MR) is 130 cm³/mol. The summed E-state index contributed by atoms with van der Waals surface area (Å²) in [7, 11) is -3.61. The third-order valence-electron chi connectivity index (χ3n) is 5.19. The number of carbonyl (C=O) groups is 1. The molecule has 0 bridgehead atoms. The Morgan fingerprint density at radius 3 is 2.55 bits per heavy atom. The molecule has 4 aromatic rings. The molecule has 0 aliphatic carbocycles. The number of sulfone groups is 1. The van der Waals surface area contributed by atoms with E-state index in [1.54, 1.807) is 18.2 Å². The molecule has 0 unspecified atom stereocenters. The molecular formula is C25H24N2O4S2. The van der Waals surface area contributed by atoms with E-state index < -0.39 is 15.7 Å². The molecule has 4 rings (SSSR count). The SMILES string of the molecule is CCCCc1ccc(-c2csc(NC(=O)c3occc3CS(=O)(=O)c3ccccc3)n2)cc1. The van der Waals surface area contributed by atoms with Gasteiger partial charge >= 0.3 is 0 Å². The minimum atomic E-state index is -3.61. The Bertz CT molecular complexity index is 1320. The van der Waals surface area contributed by atoms with Gasteiger partial charge in [0.2, 0.25) is 0 Å². The summed E-state index contributed by atoms with van der Waals surface area (Å²) < 4.78 is 30.7. The summed E-state index contributed by atoms with van der Waals surface area (Å²) in [5.74, 6) is -0.898. The molecule has 1 N–H and O–H groups in total. The summed E-state index contributed by atoms with van der Waals surface area (Å²) in [5, 5.41) is 5.01. The molecule has 2 heterocycles. The summed E-state index contributed by atoms with van der Waals surface area (Å²) in [4.78, 5) is 17.5. The molecule has 2 aromatic heterocycles. The van der Waals surface area contributed by atoms with Crippen molar-refractivity contribution in [2.45, 2.75) is 36.8 Å². The molecule has 0 fully saturated rings. The van der Waals surface area contributed by atoms with Crippen LogP contribution in [-0.2, 0) is 22.0 Å². The van der Waals surface area contributed by atoms with Crippen molar-refractivity contribution in [1.82, 2.24) is 4.98 Å². The van der Waals surface area contributed by atoms with E-state index in [4.69, 9.17) is 4.42 Å². The van der Waals surface area contributed by atoms with E-state index in [0.717, 1.165) is 30.5 Å². The van der Waals surface area contributed by atoms with Crippen LogP contribution in [0.3, 0.4) is 0 Å². The smallest absolute Gasteiger partial charge is 0.293 e. The Balaban J connectivity index is 1.45. The first kappa shape index (κ1) is 22.9. The van der Waals surface area contributed by atoms with E-state index in [9.17, 15) is 13.2 Å². The average Bonchev–Trinajstić information content (AvgIpc) is 3.48. The van der Waals surface area contributed by atoms with Crippen LogP contribution in [0.5, 0.6) is 0 Å². The molecule has 0 aliphatic heterocycles. The van der Waals surface area contributed by atoms with E-state index in [1.165, 1.54) is 41.4 Å². The quantitative estimate of drug-likeness (QED) is 0.319. The van der Waals surface area contributed by atoms with E-state index in [0.29, 0.717) is 10.7 Å². The Morgan fingerprint density at radius 1 is 1.06 bits per heavy atom. The highest BCUT2D eigenvalue weighted by molar-refractivity contribution is 7.90. The average molecular weight is 481 g/mol. The molecule has 33 heavy (non-hydrogen) atoms. The van der Waals surface area contributed by atoms with Gasteiger partial charge in [0.15, 0.2) is 20.7 Å². The highest BCUT2D eigenvalue weighted by Crippen LogP contribution is 2.27. The maximum Gasteiger partial charge on any atom is 0.293 e. The van der Waals surface area contributed by atoms with Crippen LogP contribution in [0.2, 0.25) is 0 Å². The standard InChI is InChI=1S/C25H24N2O4S2/c1-2-3-7-18-10-12-19(13-11-18)22-16-32-25(26-22)27-24(28)23-20(14-15-31-23)17-33(29,30)21-8-5-4-6-9-21/h4-6,8-16H,2-3,7,17H2,1H3,(H,26,27,28). The largest absolute Gasteiger partial charge is 0.459 e. The number of nitrogens with zero attached hydrogens (tertiary/aromatic N) is 1. The number of hydrogen-bond acceptors (Lipinski definition) is 6. The minimum absolute atomic E-state index is 0.0356. The van der Waals surface area contributed by atoms with Gasteiger partial charge in [0, 0.05) is 16.5 Å². The second-order valence-corrected chi connectivity index (χ2v) is 10.5. The Kier molecular flexibility index (Phi) is 7.05. The van der Waals surface area contributed by atoms with Crippen molar-refractivity contribution < 1.29 is 17.6 Å². The van der Waals surface area contributed by atoms with Crippen LogP contribution in [0.4, 0.5) is 5.13 Å². The molecule has 2 aromatic carbocycles. The number of thiazole rings is 1. The summed E-state index contributed by atoms with van der Waals surface area (Å²) >= 11 is 1.30. The molecule has 0 saturated carbocycles. The molecule has 0 aliphatic rings. The number of hydrogen-bond donors (Lipinski definition) is 1. The van der Waals surface area contributed by atoms with Crippen molar-refractivity contribution in [3.63, 3.8) is 0 Å². The zero-order valence-electron chi connectivity index (χ0n) is 18.2. The lowest BCUT2D eigenvalue weighted by Crippen LogP contribution is -2.14. The maximum atomic E-state index is 12.8. The highest BCUT2D eigenvalue weighted by Gasteiger charge is 2.23. The van der Waals surface area contributed by atoms with Gasteiger partial charge in [-0.2, -0.15) is 0 Å². The van der Waals surface area contributed by atoms with Crippen LogP contribution in [0.1, 0.15) is 41.4 Å². The molecule has 1 amide bonds. The number of anilines is 1. The third-order valence-corrected chi connectivity index (χ3v) is 7.63. The first-order valence-electron chi connectivity index (χ1n) is 10.7. The number of rotatable bonds is 9. The van der Waals surface area contributed by atoms with Crippen LogP contribution >= 0.6 is 11.3 Å². The van der Waals surface area contributed by atoms with E-state index >= 15 is 0 Å². The second kappa shape index (κ2) is 10.1. The lowest BCUT2D eigenvalue weighted by molar-refractivity contribution is 0.0995. The fourth-order valence-electron chi connectivity index (χ4n) is 3.41. The van der Waals surface area contributed by atoms with Crippen LogP contribution < -0.4 is 5.32 Å². The monoisotopic (exact) mass is 480 g/mol. The number of unbranched alkanes of at least 4 members (excludes halogenated alkanes) is 1. The van der Waals surface area contributed by atoms with Crippen molar-refractivity contribution in [2.24, 2.45) is 0 Å². The van der Waals surface area contributed by atoms with Gasteiger partial charge in [0.05, 0.1) is 22.6 Å². The van der Waals surface area contributed by atoms with Crippen molar-refractivity contribution in [2.75, 3.05) is 5.32 Å². The predicted octanol–water partition coefficient (Wildman–Crippen LogP) is 5.97. The van der Waals surface area contributed by atoms with Gasteiger partial charge in [-0.3, -0.25) is 10.1 Å². The number of benzene rings is 2. The number of furan rings is 1. The van der Waals surface area contributed by atoms with E-state index in [1.807, 2.05) is 17.5 Å². The molecule has 0 spiro atoms. The lowest BCUT2D eigenvalue weighted by Gasteiger charge is -2.05. The van der Waals surface area contributed by atoms with Crippen molar-refractivity contribution in [3.05, 3.63) is 89.2 Å². The maximum absolute atomic E-state index is 12.8. The second-order valence-electron chi connectivity index (χ2n) is 7.64. The van der Waals surface area contributed by atoms with E-state index in [-0.39, 0.29) is 16.4 Å². The molecule has 8 heteroatoms. The first-order chi connectivity index (χ1) is 16.0. The van der Waals surface area contributed by atoms with Crippen molar-refractivity contribution in [1.29, 1.82) is 0 Å². The molecule has 0 radical (unpaired) electrons. The summed E-state index contributed by atoms with van der Waals surface area (Å²) in [6, 6.07) is 17.9. The van der Waals surface area contributed by atoms with Gasteiger partial charge in [-0.1, -0.05) is 55.8 Å². The van der Waals surface area contributed by atoms with Crippen LogP contribution in [-0.4, -0.2) is 19.3 Å². The molecule has 0 saturated heterocycles. The summed E-state index contributed by atoms with van der Waals surface area (Å²) in [6.45, 7) is 2.17. The number of amides is 1. The number of nitrogens with one attached hydrogen (secondary N) is 1. The highest BCUT2D eigenvalue weighted by atomic mass is 32.2. The Hall–Kier alpha value is -3.23. The number of carbonyl (C=O) groups excluding carboxylic acids is 1.